The second-order valence-electron chi connectivity index (χ2n) is 5.91. The maximum atomic E-state index is 6.50. The molecule has 4 aromatic rings. The van der Waals surface area contributed by atoms with Crippen LogP contribution in [0.3, 0.4) is 0 Å². The third-order valence-electron chi connectivity index (χ3n) is 4.51. The summed E-state index contributed by atoms with van der Waals surface area (Å²) in [6.07, 6.45) is -0.0870. The summed E-state index contributed by atoms with van der Waals surface area (Å²) in [5, 5.41) is 4.38. The minimum Gasteiger partial charge on any atom is -0.360 e. The topological polar surface area (TPSA) is 29.9 Å². The Hall–Kier alpha value is -2.78. The number of nitrogens with zero attached hydrogens (tertiary/aromatic N) is 2. The van der Waals surface area contributed by atoms with Crippen molar-refractivity contribution >= 4 is 28.3 Å². The molecular formula is C20H14ClN3. The van der Waals surface area contributed by atoms with Crippen LogP contribution in [-0.2, 0) is 0 Å². The van der Waals surface area contributed by atoms with Crippen LogP contribution in [-0.4, -0.2) is 9.55 Å². The lowest BCUT2D eigenvalue weighted by atomic mass is 10.1. The normalized spacial score (nSPS) is 15.6. The van der Waals surface area contributed by atoms with E-state index in [1.165, 1.54) is 0 Å². The number of rotatable bonds is 1. The minimum absolute atomic E-state index is 0.0870. The number of fused-ring (bicyclic) bond motifs is 5. The maximum absolute atomic E-state index is 6.50. The lowest BCUT2D eigenvalue weighted by Gasteiger charge is -2.30. The molecule has 0 radical (unpaired) electrons. The Kier molecular flexibility index (Phi) is 2.91. The van der Waals surface area contributed by atoms with Crippen LogP contribution in [0.25, 0.3) is 22.4 Å². The molecule has 1 aliphatic heterocycles. The van der Waals surface area contributed by atoms with Gasteiger partial charge in [0.1, 0.15) is 12.0 Å². The van der Waals surface area contributed by atoms with Crippen LogP contribution in [0, 0.1) is 0 Å². The Morgan fingerprint density at radius 1 is 0.875 bits per heavy atom. The number of hydrogen-bond acceptors (Lipinski definition) is 2. The molecule has 3 aromatic carbocycles. The van der Waals surface area contributed by atoms with Crippen LogP contribution >= 0.6 is 11.6 Å². The van der Waals surface area contributed by atoms with Crippen LogP contribution in [0.2, 0.25) is 5.02 Å². The first-order valence-corrected chi connectivity index (χ1v) is 8.28. The van der Waals surface area contributed by atoms with Crippen molar-refractivity contribution in [2.75, 3.05) is 5.32 Å². The van der Waals surface area contributed by atoms with E-state index in [2.05, 4.69) is 34.1 Å². The molecule has 0 fully saturated rings. The van der Waals surface area contributed by atoms with Crippen LogP contribution in [0.4, 0.5) is 5.69 Å². The SMILES string of the molecule is Clc1ccccc1[C@H]1Nc2ccccc2-c2nc3ccccc3n21. The summed E-state index contributed by atoms with van der Waals surface area (Å²) in [7, 11) is 0. The molecule has 24 heavy (non-hydrogen) atoms. The van der Waals surface area contributed by atoms with Crippen molar-refractivity contribution < 1.29 is 0 Å². The van der Waals surface area contributed by atoms with Gasteiger partial charge in [0.25, 0.3) is 0 Å². The fourth-order valence-corrected chi connectivity index (χ4v) is 3.66. The van der Waals surface area contributed by atoms with Crippen molar-refractivity contribution in [1.82, 2.24) is 9.55 Å². The van der Waals surface area contributed by atoms with Crippen LogP contribution in [0.1, 0.15) is 11.7 Å². The molecule has 2 heterocycles. The Morgan fingerprint density at radius 3 is 2.54 bits per heavy atom. The summed E-state index contributed by atoms with van der Waals surface area (Å²) in [5.41, 5.74) is 5.31. The quantitative estimate of drug-likeness (QED) is 0.511. The van der Waals surface area contributed by atoms with Gasteiger partial charge in [0.15, 0.2) is 0 Å². The molecule has 1 N–H and O–H groups in total. The zero-order chi connectivity index (χ0) is 16.1. The van der Waals surface area contributed by atoms with E-state index in [0.29, 0.717) is 0 Å². The van der Waals surface area contributed by atoms with E-state index in [1.807, 2.05) is 48.5 Å². The van der Waals surface area contributed by atoms with Gasteiger partial charge >= 0.3 is 0 Å². The zero-order valence-corrected chi connectivity index (χ0v) is 13.5. The maximum Gasteiger partial charge on any atom is 0.145 e. The molecule has 1 aromatic heterocycles. The second-order valence-corrected chi connectivity index (χ2v) is 6.32. The minimum atomic E-state index is -0.0870. The lowest BCUT2D eigenvalue weighted by Crippen LogP contribution is -2.25. The number of hydrogen-bond donors (Lipinski definition) is 1. The number of aromatic nitrogens is 2. The highest BCUT2D eigenvalue weighted by atomic mass is 35.5. The standard InChI is InChI=1S/C20H14ClN3/c21-15-9-3-1-7-13(15)19-22-16-10-4-2-8-14(16)20-23-17-11-5-6-12-18(17)24(19)20/h1-12,19,22H/t19-/m0/s1. The molecule has 0 spiro atoms. The average Bonchev–Trinajstić information content (AvgIpc) is 3.01. The predicted octanol–water partition coefficient (Wildman–Crippen LogP) is 5.33. The van der Waals surface area contributed by atoms with Gasteiger partial charge in [0, 0.05) is 21.8 Å². The monoisotopic (exact) mass is 331 g/mol. The van der Waals surface area contributed by atoms with Gasteiger partial charge in [-0.15, -0.1) is 0 Å². The summed E-state index contributed by atoms with van der Waals surface area (Å²) in [6, 6.07) is 24.4. The summed E-state index contributed by atoms with van der Waals surface area (Å²) in [4.78, 5) is 4.88. The Morgan fingerprint density at radius 2 is 1.62 bits per heavy atom. The van der Waals surface area contributed by atoms with E-state index in [4.69, 9.17) is 16.6 Å². The molecule has 0 bridgehead atoms. The lowest BCUT2D eigenvalue weighted by molar-refractivity contribution is 0.669. The highest BCUT2D eigenvalue weighted by Crippen LogP contribution is 2.41. The van der Waals surface area contributed by atoms with Crippen LogP contribution < -0.4 is 5.32 Å². The molecule has 116 valence electrons. The molecule has 0 amide bonds. The van der Waals surface area contributed by atoms with E-state index in [-0.39, 0.29) is 6.17 Å². The second kappa shape index (κ2) is 5.11. The molecule has 1 aliphatic rings. The van der Waals surface area contributed by atoms with Crippen molar-refractivity contribution in [2.24, 2.45) is 0 Å². The molecular weight excluding hydrogens is 318 g/mol. The highest BCUT2D eigenvalue weighted by Gasteiger charge is 2.28. The van der Waals surface area contributed by atoms with E-state index in [1.54, 1.807) is 0 Å². The smallest absolute Gasteiger partial charge is 0.145 e. The van der Waals surface area contributed by atoms with Gasteiger partial charge in [-0.25, -0.2) is 4.98 Å². The van der Waals surface area contributed by atoms with Gasteiger partial charge in [-0.05, 0) is 30.3 Å². The Bertz CT molecular complexity index is 1070. The summed E-state index contributed by atoms with van der Waals surface area (Å²) >= 11 is 6.50. The van der Waals surface area contributed by atoms with Gasteiger partial charge in [0.05, 0.1) is 11.0 Å². The number of imidazole rings is 1. The molecule has 0 saturated heterocycles. The molecule has 5 rings (SSSR count). The number of para-hydroxylation sites is 3. The fourth-order valence-electron chi connectivity index (χ4n) is 3.43. The third-order valence-corrected chi connectivity index (χ3v) is 4.86. The fraction of sp³-hybridized carbons (Fsp3) is 0.0500. The van der Waals surface area contributed by atoms with Crippen molar-refractivity contribution in [1.29, 1.82) is 0 Å². The Balaban J connectivity index is 1.86. The first kappa shape index (κ1) is 13.6. The average molecular weight is 332 g/mol. The van der Waals surface area contributed by atoms with E-state index in [0.717, 1.165) is 38.7 Å². The van der Waals surface area contributed by atoms with Gasteiger partial charge in [0.2, 0.25) is 0 Å². The van der Waals surface area contributed by atoms with E-state index < -0.39 is 0 Å². The molecule has 0 saturated carbocycles. The number of benzene rings is 3. The Labute approximate surface area is 144 Å². The first-order chi connectivity index (χ1) is 11.8. The van der Waals surface area contributed by atoms with Gasteiger partial charge in [-0.2, -0.15) is 0 Å². The van der Waals surface area contributed by atoms with Gasteiger partial charge in [-0.1, -0.05) is 54.1 Å². The number of nitrogens with one attached hydrogen (secondary N) is 1. The summed E-state index contributed by atoms with van der Waals surface area (Å²) < 4.78 is 2.24. The molecule has 0 unspecified atom stereocenters. The third kappa shape index (κ3) is 1.88. The predicted molar refractivity (Wildman–Crippen MR) is 98.4 cm³/mol. The number of anilines is 1. The largest absolute Gasteiger partial charge is 0.360 e. The van der Waals surface area contributed by atoms with E-state index >= 15 is 0 Å². The molecule has 1 atom stereocenters. The zero-order valence-electron chi connectivity index (χ0n) is 12.8. The number of halogens is 1. The van der Waals surface area contributed by atoms with Crippen molar-refractivity contribution in [2.45, 2.75) is 6.17 Å². The van der Waals surface area contributed by atoms with Crippen molar-refractivity contribution in [3.8, 4) is 11.4 Å². The van der Waals surface area contributed by atoms with Crippen LogP contribution in [0.5, 0.6) is 0 Å². The summed E-state index contributed by atoms with van der Waals surface area (Å²) in [5.74, 6) is 0.968. The van der Waals surface area contributed by atoms with Crippen molar-refractivity contribution in [3.05, 3.63) is 83.4 Å². The van der Waals surface area contributed by atoms with Gasteiger partial charge in [-0.3, -0.25) is 4.57 Å². The molecule has 0 aliphatic carbocycles. The summed E-state index contributed by atoms with van der Waals surface area (Å²) in [6.45, 7) is 0. The van der Waals surface area contributed by atoms with E-state index in [9.17, 15) is 0 Å². The molecule has 3 nitrogen and oxygen atoms in total. The highest BCUT2D eigenvalue weighted by molar-refractivity contribution is 6.31. The molecule has 4 heteroatoms. The van der Waals surface area contributed by atoms with Crippen molar-refractivity contribution in [3.63, 3.8) is 0 Å². The van der Waals surface area contributed by atoms with Crippen LogP contribution in [0.15, 0.2) is 72.8 Å². The van der Waals surface area contributed by atoms with Gasteiger partial charge < -0.3 is 5.32 Å². The first-order valence-electron chi connectivity index (χ1n) is 7.90.